The van der Waals surface area contributed by atoms with Crippen molar-refractivity contribution in [2.45, 2.75) is 26.4 Å². The molecule has 5 heteroatoms. The lowest BCUT2D eigenvalue weighted by Crippen LogP contribution is -2.44. The van der Waals surface area contributed by atoms with Crippen LogP contribution in [-0.2, 0) is 17.9 Å². The average molecular weight is 336 g/mol. The van der Waals surface area contributed by atoms with E-state index in [1.54, 1.807) is 12.4 Å². The van der Waals surface area contributed by atoms with Crippen molar-refractivity contribution in [1.82, 2.24) is 19.8 Å². The van der Waals surface area contributed by atoms with Crippen LogP contribution in [0.5, 0.6) is 0 Å². The largest absolute Gasteiger partial charge is 0.338 e. The fourth-order valence-corrected chi connectivity index (χ4v) is 4.11. The van der Waals surface area contributed by atoms with Gasteiger partial charge in [-0.3, -0.25) is 19.7 Å². The van der Waals surface area contributed by atoms with E-state index in [4.69, 9.17) is 0 Å². The Labute approximate surface area is 148 Å². The quantitative estimate of drug-likeness (QED) is 0.859. The van der Waals surface area contributed by atoms with E-state index in [0.29, 0.717) is 18.4 Å². The minimum Gasteiger partial charge on any atom is -0.338 e. The smallest absolute Gasteiger partial charge is 0.227 e. The summed E-state index contributed by atoms with van der Waals surface area (Å²) in [4.78, 5) is 26.0. The van der Waals surface area contributed by atoms with Gasteiger partial charge in [0.1, 0.15) is 0 Å². The van der Waals surface area contributed by atoms with Gasteiger partial charge in [-0.05, 0) is 49.1 Å². The zero-order chi connectivity index (χ0) is 17.2. The van der Waals surface area contributed by atoms with E-state index in [0.717, 1.165) is 49.6 Å². The molecule has 0 aromatic carbocycles. The number of pyridine rings is 2. The highest BCUT2D eigenvalue weighted by Gasteiger charge is 2.42. The molecule has 2 aromatic heterocycles. The summed E-state index contributed by atoms with van der Waals surface area (Å²) in [5.41, 5.74) is 3.30. The summed E-state index contributed by atoms with van der Waals surface area (Å²) < 4.78 is 0. The maximum Gasteiger partial charge on any atom is 0.227 e. The number of aryl methyl sites for hydroxylation is 1. The van der Waals surface area contributed by atoms with Gasteiger partial charge in [-0.15, -0.1) is 0 Å². The summed E-state index contributed by atoms with van der Waals surface area (Å²) in [6.07, 6.45) is 4.68. The highest BCUT2D eigenvalue weighted by molar-refractivity contribution is 5.80. The average Bonchev–Trinajstić information content (AvgIpc) is 3.02. The van der Waals surface area contributed by atoms with E-state index in [2.05, 4.69) is 27.0 Å². The van der Waals surface area contributed by atoms with Crippen molar-refractivity contribution in [2.75, 3.05) is 19.6 Å². The molecule has 2 saturated heterocycles. The first kappa shape index (κ1) is 16.2. The molecule has 0 saturated carbocycles. The van der Waals surface area contributed by atoms with Gasteiger partial charge in [-0.2, -0.15) is 0 Å². The zero-order valence-electron chi connectivity index (χ0n) is 14.6. The maximum absolute atomic E-state index is 12.9. The highest BCUT2D eigenvalue weighted by atomic mass is 16.2. The molecular weight excluding hydrogens is 312 g/mol. The Morgan fingerprint density at radius 3 is 2.76 bits per heavy atom. The van der Waals surface area contributed by atoms with Crippen LogP contribution >= 0.6 is 0 Å². The normalized spacial score (nSPS) is 23.7. The number of rotatable bonds is 4. The van der Waals surface area contributed by atoms with E-state index >= 15 is 0 Å². The summed E-state index contributed by atoms with van der Waals surface area (Å²) in [6.45, 7) is 6.28. The Kier molecular flexibility index (Phi) is 4.49. The molecule has 2 aliphatic rings. The van der Waals surface area contributed by atoms with Gasteiger partial charge in [0.2, 0.25) is 5.91 Å². The van der Waals surface area contributed by atoms with E-state index in [1.807, 2.05) is 30.0 Å². The standard InChI is InChI=1S/C20H24N4O/c1-15-3-2-4-18(22-15)13-23-12-17-7-10-24(20(25)19(17)14-23)11-16-5-8-21-9-6-16/h2-6,8-9,17,19H,7,10-14H2,1H3/t17-,19+/m0/s1. The molecule has 2 fully saturated rings. The molecule has 0 unspecified atom stereocenters. The lowest BCUT2D eigenvalue weighted by molar-refractivity contribution is -0.140. The molecule has 0 radical (unpaired) electrons. The monoisotopic (exact) mass is 336 g/mol. The lowest BCUT2D eigenvalue weighted by atomic mass is 9.88. The van der Waals surface area contributed by atoms with Crippen LogP contribution in [0, 0.1) is 18.8 Å². The second kappa shape index (κ2) is 6.92. The van der Waals surface area contributed by atoms with Gasteiger partial charge >= 0.3 is 0 Å². The number of aromatic nitrogens is 2. The fraction of sp³-hybridized carbons (Fsp3) is 0.450. The SMILES string of the molecule is Cc1cccc(CN2C[C@@H]3CCN(Cc4ccncc4)C(=O)[C@@H]3C2)n1. The predicted molar refractivity (Wildman–Crippen MR) is 95.5 cm³/mol. The zero-order valence-corrected chi connectivity index (χ0v) is 14.6. The number of likely N-dealkylation sites (tertiary alicyclic amines) is 2. The third-order valence-electron chi connectivity index (χ3n) is 5.37. The number of piperidine rings is 1. The topological polar surface area (TPSA) is 49.3 Å². The Hall–Kier alpha value is -2.27. The molecule has 2 aliphatic heterocycles. The van der Waals surface area contributed by atoms with Crippen molar-refractivity contribution >= 4 is 5.91 Å². The first-order valence-corrected chi connectivity index (χ1v) is 9.01. The number of hydrogen-bond donors (Lipinski definition) is 0. The molecule has 1 amide bonds. The van der Waals surface area contributed by atoms with Crippen molar-refractivity contribution in [1.29, 1.82) is 0 Å². The summed E-state index contributed by atoms with van der Waals surface area (Å²) in [7, 11) is 0. The maximum atomic E-state index is 12.9. The minimum atomic E-state index is 0.139. The first-order valence-electron chi connectivity index (χ1n) is 9.01. The predicted octanol–water partition coefficient (Wildman–Crippen LogP) is 2.27. The molecule has 2 atom stereocenters. The van der Waals surface area contributed by atoms with E-state index < -0.39 is 0 Å². The molecule has 4 heterocycles. The first-order chi connectivity index (χ1) is 12.2. The molecule has 25 heavy (non-hydrogen) atoms. The van der Waals surface area contributed by atoms with Crippen molar-refractivity contribution < 1.29 is 4.79 Å². The van der Waals surface area contributed by atoms with Crippen LogP contribution in [0.1, 0.15) is 23.4 Å². The third-order valence-corrected chi connectivity index (χ3v) is 5.37. The second-order valence-corrected chi connectivity index (χ2v) is 7.23. The highest BCUT2D eigenvalue weighted by Crippen LogP contribution is 2.33. The van der Waals surface area contributed by atoms with Gasteiger partial charge in [0.05, 0.1) is 11.6 Å². The number of carbonyl (C=O) groups is 1. The van der Waals surface area contributed by atoms with Crippen LogP contribution in [0.15, 0.2) is 42.7 Å². The van der Waals surface area contributed by atoms with Crippen LogP contribution in [0.25, 0.3) is 0 Å². The van der Waals surface area contributed by atoms with Crippen LogP contribution in [0.3, 0.4) is 0 Å². The molecular formula is C20H24N4O. The summed E-state index contributed by atoms with van der Waals surface area (Å²) >= 11 is 0. The van der Waals surface area contributed by atoms with Gasteiger partial charge in [-0.25, -0.2) is 0 Å². The molecule has 2 aromatic rings. The summed E-state index contributed by atoms with van der Waals surface area (Å²) in [6, 6.07) is 10.1. The van der Waals surface area contributed by atoms with Crippen LogP contribution in [0.4, 0.5) is 0 Å². The van der Waals surface area contributed by atoms with Gasteiger partial charge in [0, 0.05) is 50.8 Å². The number of fused-ring (bicyclic) bond motifs is 1. The lowest BCUT2D eigenvalue weighted by Gasteiger charge is -2.34. The molecule has 0 spiro atoms. The van der Waals surface area contributed by atoms with Crippen molar-refractivity contribution in [3.05, 3.63) is 59.7 Å². The third kappa shape index (κ3) is 3.56. The molecule has 4 rings (SSSR count). The molecule has 0 aliphatic carbocycles. The van der Waals surface area contributed by atoms with Gasteiger partial charge in [0.25, 0.3) is 0 Å². The molecule has 0 N–H and O–H groups in total. The number of amides is 1. The Morgan fingerprint density at radius 2 is 1.96 bits per heavy atom. The van der Waals surface area contributed by atoms with Crippen LogP contribution in [-0.4, -0.2) is 45.3 Å². The summed E-state index contributed by atoms with van der Waals surface area (Å²) in [5.74, 6) is 0.944. The van der Waals surface area contributed by atoms with E-state index in [-0.39, 0.29) is 5.92 Å². The van der Waals surface area contributed by atoms with Gasteiger partial charge < -0.3 is 4.90 Å². The number of nitrogens with zero attached hydrogens (tertiary/aromatic N) is 4. The van der Waals surface area contributed by atoms with Crippen molar-refractivity contribution in [2.24, 2.45) is 11.8 Å². The van der Waals surface area contributed by atoms with Crippen molar-refractivity contribution in [3.8, 4) is 0 Å². The summed E-state index contributed by atoms with van der Waals surface area (Å²) in [5, 5.41) is 0. The molecule has 130 valence electrons. The Morgan fingerprint density at radius 1 is 1.12 bits per heavy atom. The van der Waals surface area contributed by atoms with E-state index in [1.165, 1.54) is 0 Å². The minimum absolute atomic E-state index is 0.139. The Balaban J connectivity index is 1.40. The molecule has 0 bridgehead atoms. The number of hydrogen-bond acceptors (Lipinski definition) is 4. The van der Waals surface area contributed by atoms with Crippen molar-refractivity contribution in [3.63, 3.8) is 0 Å². The van der Waals surface area contributed by atoms with Gasteiger partial charge in [0.15, 0.2) is 0 Å². The van der Waals surface area contributed by atoms with Crippen LogP contribution < -0.4 is 0 Å². The number of carbonyl (C=O) groups excluding carboxylic acids is 1. The second-order valence-electron chi connectivity index (χ2n) is 7.23. The molecule has 5 nitrogen and oxygen atoms in total. The van der Waals surface area contributed by atoms with Crippen LogP contribution in [0.2, 0.25) is 0 Å². The van der Waals surface area contributed by atoms with Gasteiger partial charge in [-0.1, -0.05) is 6.07 Å². The fourth-order valence-electron chi connectivity index (χ4n) is 4.11. The Bertz CT molecular complexity index is 748. The van der Waals surface area contributed by atoms with E-state index in [9.17, 15) is 4.79 Å².